The van der Waals surface area contributed by atoms with Crippen LogP contribution < -0.4 is 10.1 Å². The van der Waals surface area contributed by atoms with Crippen LogP contribution in [0.4, 0.5) is 0 Å². The molecule has 2 saturated heterocycles. The van der Waals surface area contributed by atoms with Crippen molar-refractivity contribution in [1.82, 2.24) is 15.1 Å². The topological polar surface area (TPSA) is 79.0 Å². The van der Waals surface area contributed by atoms with E-state index in [9.17, 15) is 14.4 Å². The van der Waals surface area contributed by atoms with E-state index >= 15 is 0 Å². The Balaban J connectivity index is 1.44. The molecule has 2 heterocycles. The zero-order valence-corrected chi connectivity index (χ0v) is 17.3. The van der Waals surface area contributed by atoms with Crippen molar-refractivity contribution < 1.29 is 19.1 Å². The van der Waals surface area contributed by atoms with Gasteiger partial charge in [0.25, 0.3) is 5.91 Å². The van der Waals surface area contributed by atoms with Crippen LogP contribution in [0.1, 0.15) is 15.9 Å². The molecule has 0 spiro atoms. The molecule has 0 saturated carbocycles. The van der Waals surface area contributed by atoms with Crippen molar-refractivity contribution in [3.05, 3.63) is 64.7 Å². The number of rotatable bonds is 4. The molecule has 0 radical (unpaired) electrons. The molecule has 8 heteroatoms. The molecule has 2 aliphatic heterocycles. The molecule has 1 N–H and O–H groups in total. The number of benzene rings is 2. The minimum absolute atomic E-state index is 0.120. The summed E-state index contributed by atoms with van der Waals surface area (Å²) in [6, 6.07) is 12.8. The highest BCUT2D eigenvalue weighted by molar-refractivity contribution is 6.31. The van der Waals surface area contributed by atoms with Gasteiger partial charge in [0, 0.05) is 30.1 Å². The molecule has 7 nitrogen and oxygen atoms in total. The summed E-state index contributed by atoms with van der Waals surface area (Å²) in [6.45, 7) is 0.858. The second-order valence-electron chi connectivity index (χ2n) is 7.42. The molecule has 156 valence electrons. The summed E-state index contributed by atoms with van der Waals surface area (Å²) in [5.74, 6) is 0.179. The van der Waals surface area contributed by atoms with Crippen LogP contribution in [0.15, 0.2) is 48.5 Å². The number of hydrogen-bond acceptors (Lipinski definition) is 4. The Bertz CT molecular complexity index is 979. The Kier molecular flexibility index (Phi) is 5.63. The lowest BCUT2D eigenvalue weighted by Gasteiger charge is -2.45. The third-order valence-electron chi connectivity index (χ3n) is 5.54. The van der Waals surface area contributed by atoms with Crippen LogP contribution in [-0.2, 0) is 16.0 Å². The first-order valence-corrected chi connectivity index (χ1v) is 10.1. The molecule has 2 fully saturated rings. The zero-order chi connectivity index (χ0) is 21.3. The van der Waals surface area contributed by atoms with E-state index < -0.39 is 12.1 Å². The third-order valence-corrected chi connectivity index (χ3v) is 5.77. The molecule has 30 heavy (non-hydrogen) atoms. The lowest BCUT2D eigenvalue weighted by atomic mass is 9.98. The van der Waals surface area contributed by atoms with Gasteiger partial charge in [-0.1, -0.05) is 29.8 Å². The Hall–Kier alpha value is -3.06. The van der Waals surface area contributed by atoms with Crippen LogP contribution in [0.5, 0.6) is 5.75 Å². The zero-order valence-electron chi connectivity index (χ0n) is 16.5. The highest BCUT2D eigenvalue weighted by Crippen LogP contribution is 2.21. The predicted octanol–water partition coefficient (Wildman–Crippen LogP) is 1.74. The number of methoxy groups -OCH3 is 1. The fourth-order valence-electron chi connectivity index (χ4n) is 3.93. The summed E-state index contributed by atoms with van der Waals surface area (Å²) < 4.78 is 5.15. The van der Waals surface area contributed by atoms with Crippen molar-refractivity contribution in [1.29, 1.82) is 0 Å². The van der Waals surface area contributed by atoms with E-state index in [1.165, 1.54) is 0 Å². The summed E-state index contributed by atoms with van der Waals surface area (Å²) in [6.07, 6.45) is 0.406. The lowest BCUT2D eigenvalue weighted by Crippen LogP contribution is -2.70. The predicted molar refractivity (Wildman–Crippen MR) is 111 cm³/mol. The Labute approximate surface area is 179 Å². The molecule has 0 bridgehead atoms. The van der Waals surface area contributed by atoms with Gasteiger partial charge in [0.15, 0.2) is 0 Å². The molecular formula is C22H22ClN3O4. The summed E-state index contributed by atoms with van der Waals surface area (Å²) in [5, 5.41) is 3.31. The van der Waals surface area contributed by atoms with Gasteiger partial charge in [-0.3, -0.25) is 14.4 Å². The number of amides is 3. The summed E-state index contributed by atoms with van der Waals surface area (Å²) in [4.78, 5) is 41.7. The molecule has 2 aromatic carbocycles. The van der Waals surface area contributed by atoms with Crippen LogP contribution >= 0.6 is 11.6 Å². The molecular weight excluding hydrogens is 406 g/mol. The second kappa shape index (κ2) is 8.36. The first-order valence-electron chi connectivity index (χ1n) is 9.75. The first-order chi connectivity index (χ1) is 14.5. The third kappa shape index (κ3) is 3.98. The van der Waals surface area contributed by atoms with Crippen molar-refractivity contribution >= 4 is 29.3 Å². The number of halogens is 1. The van der Waals surface area contributed by atoms with E-state index in [1.807, 2.05) is 24.3 Å². The monoisotopic (exact) mass is 427 g/mol. The van der Waals surface area contributed by atoms with Gasteiger partial charge in [0.05, 0.1) is 13.7 Å². The molecule has 4 rings (SSSR count). The minimum atomic E-state index is -0.679. The normalized spacial score (nSPS) is 21.1. The van der Waals surface area contributed by atoms with Crippen molar-refractivity contribution in [3.8, 4) is 5.75 Å². The van der Waals surface area contributed by atoms with Crippen LogP contribution in [0.25, 0.3) is 0 Å². The molecule has 0 aromatic heterocycles. The van der Waals surface area contributed by atoms with Crippen LogP contribution in [0.2, 0.25) is 5.02 Å². The fourth-order valence-corrected chi connectivity index (χ4v) is 4.12. The Morgan fingerprint density at radius 1 is 1.17 bits per heavy atom. The number of fused-ring (bicyclic) bond motifs is 1. The van der Waals surface area contributed by atoms with E-state index in [0.717, 1.165) is 11.3 Å². The maximum atomic E-state index is 13.0. The number of nitrogens with one attached hydrogen (secondary N) is 1. The number of piperazine rings is 2. The highest BCUT2D eigenvalue weighted by atomic mass is 35.5. The summed E-state index contributed by atoms with van der Waals surface area (Å²) in [7, 11) is 1.59. The molecule has 0 unspecified atom stereocenters. The van der Waals surface area contributed by atoms with Gasteiger partial charge >= 0.3 is 0 Å². The molecule has 2 aliphatic rings. The average Bonchev–Trinajstić information content (AvgIpc) is 2.77. The fraction of sp³-hybridized carbons (Fsp3) is 0.318. The SMILES string of the molecule is COc1ccc(C[C@@H]2NC(=O)[C@H]3CN(C(=O)c4cccc(Cl)c4)CCN3C2=O)cc1. The van der Waals surface area contributed by atoms with Gasteiger partial charge in [0.2, 0.25) is 11.8 Å². The highest BCUT2D eigenvalue weighted by Gasteiger charge is 2.44. The Morgan fingerprint density at radius 3 is 2.63 bits per heavy atom. The first kappa shape index (κ1) is 20.2. The van der Waals surface area contributed by atoms with Crippen molar-refractivity contribution in [3.63, 3.8) is 0 Å². The maximum Gasteiger partial charge on any atom is 0.254 e. The number of nitrogens with zero attached hydrogens (tertiary/aromatic N) is 2. The van der Waals surface area contributed by atoms with E-state index in [4.69, 9.17) is 16.3 Å². The molecule has 2 aromatic rings. The quantitative estimate of drug-likeness (QED) is 0.806. The van der Waals surface area contributed by atoms with E-state index in [-0.39, 0.29) is 24.3 Å². The van der Waals surface area contributed by atoms with E-state index in [1.54, 1.807) is 41.2 Å². The number of carbonyl (C=O) groups excluding carboxylic acids is 3. The number of hydrogen-bond donors (Lipinski definition) is 1. The van der Waals surface area contributed by atoms with Gasteiger partial charge in [0.1, 0.15) is 17.8 Å². The smallest absolute Gasteiger partial charge is 0.254 e. The van der Waals surface area contributed by atoms with Crippen molar-refractivity contribution in [2.24, 2.45) is 0 Å². The van der Waals surface area contributed by atoms with Gasteiger partial charge < -0.3 is 19.9 Å². The molecule has 0 aliphatic carbocycles. The number of carbonyl (C=O) groups is 3. The minimum Gasteiger partial charge on any atom is -0.497 e. The van der Waals surface area contributed by atoms with Gasteiger partial charge in [-0.25, -0.2) is 0 Å². The van der Waals surface area contributed by atoms with Crippen molar-refractivity contribution in [2.45, 2.75) is 18.5 Å². The summed E-state index contributed by atoms with van der Waals surface area (Å²) >= 11 is 5.99. The lowest BCUT2D eigenvalue weighted by molar-refractivity contribution is -0.152. The van der Waals surface area contributed by atoms with Gasteiger partial charge in [-0.2, -0.15) is 0 Å². The molecule has 3 amide bonds. The van der Waals surface area contributed by atoms with Gasteiger partial charge in [-0.05, 0) is 35.9 Å². The standard InChI is InChI=1S/C22H22ClN3O4/c1-30-17-7-5-14(6-8-17)11-18-22(29)26-10-9-25(13-19(26)20(27)24-18)21(28)15-3-2-4-16(23)12-15/h2-8,12,18-19H,9-11,13H2,1H3,(H,24,27)/t18-,19+/m0/s1. The summed E-state index contributed by atoms with van der Waals surface area (Å²) in [5.41, 5.74) is 1.40. The van der Waals surface area contributed by atoms with Crippen LogP contribution in [-0.4, -0.2) is 66.3 Å². The number of ether oxygens (including phenoxy) is 1. The average molecular weight is 428 g/mol. The largest absolute Gasteiger partial charge is 0.497 e. The molecule has 2 atom stereocenters. The van der Waals surface area contributed by atoms with E-state index in [2.05, 4.69) is 5.32 Å². The van der Waals surface area contributed by atoms with Crippen LogP contribution in [0, 0.1) is 0 Å². The van der Waals surface area contributed by atoms with E-state index in [0.29, 0.717) is 30.1 Å². The Morgan fingerprint density at radius 2 is 1.93 bits per heavy atom. The van der Waals surface area contributed by atoms with Gasteiger partial charge in [-0.15, -0.1) is 0 Å². The van der Waals surface area contributed by atoms with Crippen LogP contribution in [0.3, 0.4) is 0 Å². The van der Waals surface area contributed by atoms with Crippen molar-refractivity contribution in [2.75, 3.05) is 26.7 Å². The second-order valence-corrected chi connectivity index (χ2v) is 7.86. The maximum absolute atomic E-state index is 13.0.